The van der Waals surface area contributed by atoms with Crippen molar-refractivity contribution in [2.45, 2.75) is 6.61 Å². The van der Waals surface area contributed by atoms with Crippen LogP contribution in [0.15, 0.2) is 81.9 Å². The predicted molar refractivity (Wildman–Crippen MR) is 122 cm³/mol. The van der Waals surface area contributed by atoms with E-state index in [1.807, 2.05) is 48.5 Å². The summed E-state index contributed by atoms with van der Waals surface area (Å²) in [5, 5.41) is 0.772. The van der Waals surface area contributed by atoms with Crippen molar-refractivity contribution >= 4 is 57.1 Å². The zero-order valence-corrected chi connectivity index (χ0v) is 18.5. The minimum Gasteiger partial charge on any atom is -0.488 e. The van der Waals surface area contributed by atoms with Crippen LogP contribution in [-0.2, 0) is 16.1 Å². The molecule has 7 heteroatoms. The smallest absolute Gasteiger partial charge is 0.363 e. The van der Waals surface area contributed by atoms with Gasteiger partial charge in [0.15, 0.2) is 5.70 Å². The molecule has 4 rings (SSSR count). The summed E-state index contributed by atoms with van der Waals surface area (Å²) >= 11 is 15.5. The van der Waals surface area contributed by atoms with E-state index >= 15 is 0 Å². The van der Waals surface area contributed by atoms with E-state index < -0.39 is 5.97 Å². The monoisotopic (exact) mass is 501 g/mol. The lowest BCUT2D eigenvalue weighted by Gasteiger charge is -2.10. The molecule has 150 valence electrons. The fourth-order valence-electron chi connectivity index (χ4n) is 2.81. The summed E-state index contributed by atoms with van der Waals surface area (Å²) < 4.78 is 12.3. The van der Waals surface area contributed by atoms with Crippen molar-refractivity contribution in [3.8, 4) is 5.75 Å². The Hall–Kier alpha value is -2.60. The van der Waals surface area contributed by atoms with Gasteiger partial charge in [0.05, 0.1) is 10.0 Å². The minimum atomic E-state index is -0.545. The molecule has 0 spiro atoms. The molecule has 0 unspecified atom stereocenters. The summed E-state index contributed by atoms with van der Waals surface area (Å²) in [7, 11) is 0. The Balaban J connectivity index is 1.60. The molecule has 3 aromatic carbocycles. The lowest BCUT2D eigenvalue weighted by atomic mass is 10.1. The molecule has 1 aliphatic rings. The first-order chi connectivity index (χ1) is 14.5. The van der Waals surface area contributed by atoms with Gasteiger partial charge in [0.1, 0.15) is 12.4 Å². The first-order valence-electron chi connectivity index (χ1n) is 8.94. The molecular formula is C23H14BrCl2NO3. The van der Waals surface area contributed by atoms with Gasteiger partial charge in [0, 0.05) is 21.2 Å². The molecule has 0 N–H and O–H groups in total. The summed E-state index contributed by atoms with van der Waals surface area (Å²) in [4.78, 5) is 16.7. The second kappa shape index (κ2) is 9.04. The van der Waals surface area contributed by atoms with Gasteiger partial charge in [-0.2, -0.15) is 0 Å². The summed E-state index contributed by atoms with van der Waals surface area (Å²) in [6.45, 7) is 0.379. The number of hydrogen-bond acceptors (Lipinski definition) is 4. The quantitative estimate of drug-likeness (QED) is 0.289. The summed E-state index contributed by atoms with van der Waals surface area (Å²) in [5.74, 6) is 0.264. The first-order valence-corrected chi connectivity index (χ1v) is 10.5. The van der Waals surface area contributed by atoms with Crippen molar-refractivity contribution in [2.75, 3.05) is 0 Å². The molecule has 4 nitrogen and oxygen atoms in total. The van der Waals surface area contributed by atoms with Crippen LogP contribution in [-0.4, -0.2) is 11.9 Å². The van der Waals surface area contributed by atoms with Crippen LogP contribution in [0.3, 0.4) is 0 Å². The van der Waals surface area contributed by atoms with Gasteiger partial charge in [0.25, 0.3) is 0 Å². The summed E-state index contributed by atoms with van der Waals surface area (Å²) in [6, 6.07) is 20.2. The lowest BCUT2D eigenvalue weighted by Crippen LogP contribution is -2.05. The van der Waals surface area contributed by atoms with Crippen LogP contribution in [0, 0.1) is 0 Å². The molecule has 0 bridgehead atoms. The van der Waals surface area contributed by atoms with E-state index in [0.29, 0.717) is 28.0 Å². The third-order valence-corrected chi connectivity index (χ3v) is 5.85. The fraction of sp³-hybridized carbons (Fsp3) is 0.0435. The molecule has 0 saturated heterocycles. The topological polar surface area (TPSA) is 47.9 Å². The van der Waals surface area contributed by atoms with Gasteiger partial charge in [-0.1, -0.05) is 75.5 Å². The van der Waals surface area contributed by atoms with Crippen molar-refractivity contribution < 1.29 is 14.3 Å². The van der Waals surface area contributed by atoms with E-state index in [1.165, 1.54) is 0 Å². The fourth-order valence-corrected chi connectivity index (χ4v) is 3.51. The van der Waals surface area contributed by atoms with Gasteiger partial charge in [0.2, 0.25) is 5.90 Å². The molecule has 0 aliphatic carbocycles. The van der Waals surface area contributed by atoms with E-state index in [0.717, 1.165) is 15.6 Å². The second-order valence-corrected chi connectivity index (χ2v) is 8.05. The van der Waals surface area contributed by atoms with Gasteiger partial charge >= 0.3 is 5.97 Å². The Morgan fingerprint density at radius 3 is 2.57 bits per heavy atom. The van der Waals surface area contributed by atoms with E-state index in [9.17, 15) is 4.79 Å². The third-order valence-electron chi connectivity index (χ3n) is 4.34. The van der Waals surface area contributed by atoms with Crippen LogP contribution in [0.25, 0.3) is 6.08 Å². The van der Waals surface area contributed by atoms with Crippen molar-refractivity contribution in [1.82, 2.24) is 0 Å². The van der Waals surface area contributed by atoms with Crippen LogP contribution >= 0.6 is 39.1 Å². The number of cyclic esters (lactones) is 1. The predicted octanol–water partition coefficient (Wildman–Crippen LogP) is 6.68. The minimum absolute atomic E-state index is 0.174. The Morgan fingerprint density at radius 2 is 1.77 bits per heavy atom. The average molecular weight is 503 g/mol. The van der Waals surface area contributed by atoms with Crippen molar-refractivity contribution in [3.63, 3.8) is 0 Å². The zero-order chi connectivity index (χ0) is 21.1. The van der Waals surface area contributed by atoms with E-state index in [1.54, 1.807) is 24.3 Å². The molecule has 1 heterocycles. The molecule has 1 aliphatic heterocycles. The molecule has 0 radical (unpaired) electrons. The Kier molecular flexibility index (Phi) is 6.23. The van der Waals surface area contributed by atoms with Crippen LogP contribution in [0.2, 0.25) is 10.0 Å². The number of para-hydroxylation sites is 1. The lowest BCUT2D eigenvalue weighted by molar-refractivity contribution is -0.129. The van der Waals surface area contributed by atoms with Gasteiger partial charge < -0.3 is 9.47 Å². The number of ether oxygens (including phenoxy) is 2. The van der Waals surface area contributed by atoms with Crippen molar-refractivity contribution in [1.29, 1.82) is 0 Å². The number of hydrogen-bond donors (Lipinski definition) is 0. The van der Waals surface area contributed by atoms with Crippen molar-refractivity contribution in [2.24, 2.45) is 4.99 Å². The number of carbonyl (C=O) groups is 1. The molecule has 0 saturated carbocycles. The zero-order valence-electron chi connectivity index (χ0n) is 15.4. The molecule has 0 amide bonds. The average Bonchev–Trinajstić information content (AvgIpc) is 3.11. The number of halogens is 3. The third kappa shape index (κ3) is 4.59. The maximum atomic E-state index is 12.3. The highest BCUT2D eigenvalue weighted by molar-refractivity contribution is 9.10. The second-order valence-electron chi connectivity index (χ2n) is 6.38. The number of rotatable bonds is 5. The molecule has 3 aromatic rings. The van der Waals surface area contributed by atoms with Crippen LogP contribution in [0.4, 0.5) is 0 Å². The highest BCUT2D eigenvalue weighted by Gasteiger charge is 2.25. The Labute approximate surface area is 191 Å². The molecule has 30 heavy (non-hydrogen) atoms. The highest BCUT2D eigenvalue weighted by Crippen LogP contribution is 2.28. The first kappa shape index (κ1) is 20.7. The van der Waals surface area contributed by atoms with Gasteiger partial charge in [-0.3, -0.25) is 0 Å². The van der Waals surface area contributed by atoms with Crippen LogP contribution < -0.4 is 4.74 Å². The van der Waals surface area contributed by atoms with Gasteiger partial charge in [-0.25, -0.2) is 9.79 Å². The SMILES string of the molecule is O=C1OC(c2ccc(Cl)c(Cl)c2)=N/C1=C\c1ccccc1OCc1ccccc1Br. The number of benzene rings is 3. The molecule has 0 aromatic heterocycles. The maximum absolute atomic E-state index is 12.3. The normalized spacial score (nSPS) is 14.6. The summed E-state index contributed by atoms with van der Waals surface area (Å²) in [5.41, 5.74) is 2.48. The van der Waals surface area contributed by atoms with E-state index in [4.69, 9.17) is 32.7 Å². The molecular weight excluding hydrogens is 489 g/mol. The number of nitrogens with zero attached hydrogens (tertiary/aromatic N) is 1. The number of esters is 1. The van der Waals surface area contributed by atoms with E-state index in [-0.39, 0.29) is 11.6 Å². The van der Waals surface area contributed by atoms with Crippen molar-refractivity contribution in [3.05, 3.63) is 104 Å². The van der Waals surface area contributed by atoms with Crippen LogP contribution in [0.5, 0.6) is 5.75 Å². The largest absolute Gasteiger partial charge is 0.488 e. The number of aliphatic imine (C=N–C) groups is 1. The number of carbonyl (C=O) groups excluding carboxylic acids is 1. The van der Waals surface area contributed by atoms with E-state index in [2.05, 4.69) is 20.9 Å². The van der Waals surface area contributed by atoms with Gasteiger partial charge in [-0.05, 0) is 36.4 Å². The van der Waals surface area contributed by atoms with Crippen LogP contribution in [0.1, 0.15) is 16.7 Å². The summed E-state index contributed by atoms with van der Waals surface area (Å²) in [6.07, 6.45) is 1.64. The standard InChI is InChI=1S/C23H14BrCl2NO3/c24-17-7-3-1-6-16(17)13-29-21-8-4-2-5-14(21)12-20-23(28)30-22(27-20)15-9-10-18(25)19(26)11-15/h1-12H,13H2/b20-12-. The van der Waals surface area contributed by atoms with Gasteiger partial charge in [-0.15, -0.1) is 0 Å². The maximum Gasteiger partial charge on any atom is 0.363 e. The Bertz CT molecular complexity index is 1190. The molecule has 0 atom stereocenters. The Morgan fingerprint density at radius 1 is 1.00 bits per heavy atom. The highest BCUT2D eigenvalue weighted by atomic mass is 79.9. The molecule has 0 fully saturated rings.